The Kier molecular flexibility index (Phi) is 4.31. The molecular weight excluding hydrogens is 288 g/mol. The molecule has 0 amide bonds. The predicted octanol–water partition coefficient (Wildman–Crippen LogP) is 3.96. The SMILES string of the molecule is CC(C)=C1C(=O)C[C@@]2(C)C/C=C(\CO)CC[C@H]3O[C@]3(C)CC[C@H]12. The van der Waals surface area contributed by atoms with Crippen molar-refractivity contribution in [3.63, 3.8) is 0 Å². The highest BCUT2D eigenvalue weighted by Gasteiger charge is 2.54. The van der Waals surface area contributed by atoms with Crippen molar-refractivity contribution in [3.05, 3.63) is 22.8 Å². The molecule has 1 saturated heterocycles. The van der Waals surface area contributed by atoms with Gasteiger partial charge < -0.3 is 9.84 Å². The van der Waals surface area contributed by atoms with Crippen molar-refractivity contribution in [3.8, 4) is 0 Å². The summed E-state index contributed by atoms with van der Waals surface area (Å²) in [5.74, 6) is 0.642. The third kappa shape index (κ3) is 3.06. The van der Waals surface area contributed by atoms with Gasteiger partial charge in [0.15, 0.2) is 5.78 Å². The van der Waals surface area contributed by atoms with Crippen molar-refractivity contribution in [1.29, 1.82) is 0 Å². The molecule has 0 aromatic rings. The van der Waals surface area contributed by atoms with Gasteiger partial charge >= 0.3 is 0 Å². The van der Waals surface area contributed by atoms with Crippen LogP contribution >= 0.6 is 0 Å². The van der Waals surface area contributed by atoms with Crippen LogP contribution in [0.25, 0.3) is 0 Å². The van der Waals surface area contributed by atoms with Gasteiger partial charge in [-0.1, -0.05) is 18.6 Å². The van der Waals surface area contributed by atoms with Crippen LogP contribution in [0.5, 0.6) is 0 Å². The number of rotatable bonds is 1. The minimum Gasteiger partial charge on any atom is -0.392 e. The van der Waals surface area contributed by atoms with Crippen molar-refractivity contribution in [1.82, 2.24) is 0 Å². The minimum absolute atomic E-state index is 0.0187. The molecule has 0 aromatic carbocycles. The molecule has 3 rings (SSSR count). The quantitative estimate of drug-likeness (QED) is 0.452. The van der Waals surface area contributed by atoms with Gasteiger partial charge in [-0.25, -0.2) is 0 Å². The molecule has 0 aromatic heterocycles. The summed E-state index contributed by atoms with van der Waals surface area (Å²) in [7, 11) is 0. The highest BCUT2D eigenvalue weighted by atomic mass is 16.6. The lowest BCUT2D eigenvalue weighted by atomic mass is 9.72. The zero-order valence-corrected chi connectivity index (χ0v) is 14.9. The van der Waals surface area contributed by atoms with Gasteiger partial charge in [-0.05, 0) is 75.4 Å². The van der Waals surface area contributed by atoms with E-state index in [1.807, 2.05) is 0 Å². The Morgan fingerprint density at radius 2 is 2.09 bits per heavy atom. The largest absolute Gasteiger partial charge is 0.392 e. The van der Waals surface area contributed by atoms with Gasteiger partial charge in [0, 0.05) is 6.42 Å². The molecule has 0 unspecified atom stereocenters. The second-order valence-corrected chi connectivity index (χ2v) is 8.44. The van der Waals surface area contributed by atoms with Crippen LogP contribution < -0.4 is 0 Å². The fourth-order valence-electron chi connectivity index (χ4n) is 4.71. The fourth-order valence-corrected chi connectivity index (χ4v) is 4.71. The standard InChI is InChI=1S/C20H30O3/c1-13(2)18-15-8-10-20(4)17(23-20)6-5-14(12-21)7-9-19(15,3)11-16(18)22/h7,15,17,21H,5-6,8-12H2,1-4H3/b14-7-/t15-,17-,19-,20-/m1/s1. The van der Waals surface area contributed by atoms with E-state index < -0.39 is 0 Å². The van der Waals surface area contributed by atoms with Crippen LogP contribution in [-0.4, -0.2) is 29.2 Å². The fraction of sp³-hybridized carbons (Fsp3) is 0.750. The average Bonchev–Trinajstić information content (AvgIpc) is 3.04. The first kappa shape index (κ1) is 16.9. The number of hydrogen-bond acceptors (Lipinski definition) is 3. The zero-order valence-electron chi connectivity index (χ0n) is 14.9. The number of aliphatic hydroxyl groups is 1. The van der Waals surface area contributed by atoms with E-state index in [1.54, 1.807) is 0 Å². The maximum absolute atomic E-state index is 12.6. The average molecular weight is 318 g/mol. The summed E-state index contributed by atoms with van der Waals surface area (Å²) in [5, 5.41) is 9.64. The number of allylic oxidation sites excluding steroid dienone is 3. The van der Waals surface area contributed by atoms with Crippen molar-refractivity contribution in [2.24, 2.45) is 11.3 Å². The highest BCUT2D eigenvalue weighted by Crippen LogP contribution is 2.53. The molecule has 2 aliphatic carbocycles. The molecule has 0 spiro atoms. The third-order valence-corrected chi connectivity index (χ3v) is 6.35. The molecule has 0 bridgehead atoms. The van der Waals surface area contributed by atoms with Gasteiger partial charge in [0.1, 0.15) is 0 Å². The van der Waals surface area contributed by atoms with E-state index in [-0.39, 0.29) is 17.6 Å². The number of epoxide rings is 1. The zero-order chi connectivity index (χ0) is 16.8. The van der Waals surface area contributed by atoms with E-state index in [4.69, 9.17) is 4.74 Å². The number of ether oxygens (including phenoxy) is 1. The summed E-state index contributed by atoms with van der Waals surface area (Å²) in [4.78, 5) is 12.6. The van der Waals surface area contributed by atoms with Crippen LogP contribution in [0.1, 0.15) is 66.2 Å². The molecule has 23 heavy (non-hydrogen) atoms. The number of carbonyl (C=O) groups is 1. The Hall–Kier alpha value is -0.930. The van der Waals surface area contributed by atoms with Crippen molar-refractivity contribution >= 4 is 5.78 Å². The molecule has 0 radical (unpaired) electrons. The maximum Gasteiger partial charge on any atom is 0.159 e. The maximum atomic E-state index is 12.6. The van der Waals surface area contributed by atoms with E-state index in [2.05, 4.69) is 33.8 Å². The molecule has 1 N–H and O–H groups in total. The number of Topliss-reactive ketones (excluding diaryl/α,β-unsaturated/α-hetero) is 1. The van der Waals surface area contributed by atoms with Crippen LogP contribution in [0.15, 0.2) is 22.8 Å². The summed E-state index contributed by atoms with van der Waals surface area (Å²) >= 11 is 0. The Labute approximate surface area is 139 Å². The highest BCUT2D eigenvalue weighted by molar-refractivity contribution is 5.99. The van der Waals surface area contributed by atoms with E-state index in [0.717, 1.165) is 43.3 Å². The van der Waals surface area contributed by atoms with Crippen LogP contribution in [-0.2, 0) is 9.53 Å². The Balaban J connectivity index is 1.95. The molecule has 1 heterocycles. The smallest absolute Gasteiger partial charge is 0.159 e. The first-order chi connectivity index (χ1) is 10.8. The predicted molar refractivity (Wildman–Crippen MR) is 91.1 cm³/mol. The number of aliphatic hydroxyl groups excluding tert-OH is 1. The van der Waals surface area contributed by atoms with E-state index >= 15 is 0 Å². The third-order valence-electron chi connectivity index (χ3n) is 6.35. The van der Waals surface area contributed by atoms with Crippen LogP contribution in [0.2, 0.25) is 0 Å². The molecule has 3 heteroatoms. The summed E-state index contributed by atoms with van der Waals surface area (Å²) in [5.41, 5.74) is 3.29. The van der Waals surface area contributed by atoms with Gasteiger partial charge in [0.25, 0.3) is 0 Å². The number of fused-ring (bicyclic) bond motifs is 2. The molecule has 1 aliphatic heterocycles. The molecule has 3 nitrogen and oxygen atoms in total. The topological polar surface area (TPSA) is 49.8 Å². The lowest BCUT2D eigenvalue weighted by Crippen LogP contribution is -2.24. The number of ketones is 1. The van der Waals surface area contributed by atoms with Crippen LogP contribution in [0, 0.1) is 11.3 Å². The minimum atomic E-state index is -0.0236. The first-order valence-electron chi connectivity index (χ1n) is 8.96. The van der Waals surface area contributed by atoms with Crippen molar-refractivity contribution < 1.29 is 14.6 Å². The molecule has 2 fully saturated rings. The second kappa shape index (κ2) is 5.86. The van der Waals surface area contributed by atoms with E-state index in [9.17, 15) is 9.90 Å². The molecule has 1 saturated carbocycles. The Morgan fingerprint density at radius 3 is 2.74 bits per heavy atom. The molecule has 4 atom stereocenters. The molecular formula is C20H30O3. The van der Waals surface area contributed by atoms with Crippen molar-refractivity contribution in [2.75, 3.05) is 6.61 Å². The lowest BCUT2D eigenvalue weighted by Gasteiger charge is -2.31. The van der Waals surface area contributed by atoms with Gasteiger partial charge in [-0.3, -0.25) is 4.79 Å². The van der Waals surface area contributed by atoms with Crippen LogP contribution in [0.4, 0.5) is 0 Å². The summed E-state index contributed by atoms with van der Waals surface area (Å²) in [6, 6.07) is 0. The summed E-state index contributed by atoms with van der Waals surface area (Å²) in [6.07, 6.45) is 7.98. The summed E-state index contributed by atoms with van der Waals surface area (Å²) < 4.78 is 5.96. The van der Waals surface area contributed by atoms with Crippen molar-refractivity contribution in [2.45, 2.75) is 77.9 Å². The lowest BCUT2D eigenvalue weighted by molar-refractivity contribution is -0.115. The first-order valence-corrected chi connectivity index (χ1v) is 8.96. The van der Waals surface area contributed by atoms with Gasteiger partial charge in [0.2, 0.25) is 0 Å². The van der Waals surface area contributed by atoms with Gasteiger partial charge in [-0.2, -0.15) is 0 Å². The Bertz CT molecular complexity index is 569. The Morgan fingerprint density at radius 1 is 1.35 bits per heavy atom. The van der Waals surface area contributed by atoms with Crippen LogP contribution in [0.3, 0.4) is 0 Å². The molecule has 128 valence electrons. The molecule has 3 aliphatic rings. The second-order valence-electron chi connectivity index (χ2n) is 8.44. The van der Waals surface area contributed by atoms with Gasteiger partial charge in [-0.15, -0.1) is 0 Å². The monoisotopic (exact) mass is 318 g/mol. The van der Waals surface area contributed by atoms with Gasteiger partial charge in [0.05, 0.1) is 18.3 Å². The number of hydrogen-bond donors (Lipinski definition) is 1. The van der Waals surface area contributed by atoms with E-state index in [0.29, 0.717) is 24.2 Å². The number of carbonyl (C=O) groups excluding carboxylic acids is 1. The van der Waals surface area contributed by atoms with E-state index in [1.165, 1.54) is 5.57 Å². The normalized spacial score (nSPS) is 43.1. The summed E-state index contributed by atoms with van der Waals surface area (Å²) in [6.45, 7) is 8.71.